The van der Waals surface area contributed by atoms with Crippen molar-refractivity contribution in [3.63, 3.8) is 0 Å². The molecule has 0 aliphatic heterocycles. The maximum absolute atomic E-state index is 12.4. The Morgan fingerprint density at radius 3 is 2.50 bits per heavy atom. The lowest BCUT2D eigenvalue weighted by Gasteiger charge is -2.21. The predicted molar refractivity (Wildman–Crippen MR) is 107 cm³/mol. The molecule has 28 heavy (non-hydrogen) atoms. The number of benzene rings is 1. The van der Waals surface area contributed by atoms with Gasteiger partial charge in [-0.15, -0.1) is 0 Å². The van der Waals surface area contributed by atoms with Gasteiger partial charge in [-0.05, 0) is 24.5 Å². The van der Waals surface area contributed by atoms with Gasteiger partial charge in [0.25, 0.3) is 11.8 Å². The van der Waals surface area contributed by atoms with Crippen LogP contribution in [0.25, 0.3) is 11.0 Å². The molecule has 8 heteroatoms. The van der Waals surface area contributed by atoms with Crippen molar-refractivity contribution in [1.82, 2.24) is 25.7 Å². The molecule has 0 saturated heterocycles. The van der Waals surface area contributed by atoms with Crippen LogP contribution in [0.1, 0.15) is 46.4 Å². The fourth-order valence-electron chi connectivity index (χ4n) is 2.97. The summed E-state index contributed by atoms with van der Waals surface area (Å²) in [5, 5.41) is 2.59. The first-order valence-electron chi connectivity index (χ1n) is 9.63. The quantitative estimate of drug-likeness (QED) is 0.599. The lowest BCUT2D eigenvalue weighted by Crippen LogP contribution is -2.54. The molecule has 0 saturated carbocycles. The zero-order chi connectivity index (χ0) is 20.7. The smallest absolute Gasteiger partial charge is 0.261 e. The third-order valence-electron chi connectivity index (χ3n) is 4.42. The van der Waals surface area contributed by atoms with Gasteiger partial charge in [-0.25, -0.2) is 4.98 Å². The summed E-state index contributed by atoms with van der Waals surface area (Å²) < 4.78 is 1.88. The number of amides is 3. The molecule has 0 aliphatic rings. The van der Waals surface area contributed by atoms with E-state index in [0.717, 1.165) is 36.1 Å². The molecule has 1 atom stereocenters. The number of unbranched alkanes of at least 4 members (excludes halogenated alkanes) is 1. The number of aromatic nitrogens is 2. The van der Waals surface area contributed by atoms with E-state index in [1.165, 1.54) is 6.92 Å². The Morgan fingerprint density at radius 2 is 1.86 bits per heavy atom. The van der Waals surface area contributed by atoms with E-state index < -0.39 is 11.9 Å². The van der Waals surface area contributed by atoms with Gasteiger partial charge >= 0.3 is 0 Å². The van der Waals surface area contributed by atoms with Gasteiger partial charge in [0.05, 0.1) is 11.0 Å². The van der Waals surface area contributed by atoms with Crippen molar-refractivity contribution in [2.75, 3.05) is 0 Å². The minimum Gasteiger partial charge on any atom is -0.344 e. The van der Waals surface area contributed by atoms with Crippen molar-refractivity contribution in [2.45, 2.75) is 59.5 Å². The molecule has 1 aromatic heterocycles. The van der Waals surface area contributed by atoms with Crippen LogP contribution in [0.4, 0.5) is 0 Å². The van der Waals surface area contributed by atoms with Crippen LogP contribution in [0, 0.1) is 5.92 Å². The van der Waals surface area contributed by atoms with Crippen molar-refractivity contribution in [1.29, 1.82) is 0 Å². The standard InChI is InChI=1S/C20H29N5O3/c1-5-6-11-17-22-15-9-7-8-10-16(15)25(17)12-18(27)23-24-20(28)19(13(2)3)21-14(4)26/h7-10,13,19H,5-6,11-12H2,1-4H3,(H,21,26)(H,23,27)(H,24,28)/t19-/m0/s1. The van der Waals surface area contributed by atoms with Gasteiger partial charge in [0, 0.05) is 13.3 Å². The largest absolute Gasteiger partial charge is 0.344 e. The Balaban J connectivity index is 2.06. The predicted octanol–water partition coefficient (Wildman–Crippen LogP) is 1.69. The molecule has 3 amide bonds. The topological polar surface area (TPSA) is 105 Å². The maximum Gasteiger partial charge on any atom is 0.261 e. The van der Waals surface area contributed by atoms with Crippen molar-refractivity contribution in [2.24, 2.45) is 5.92 Å². The van der Waals surface area contributed by atoms with E-state index in [9.17, 15) is 14.4 Å². The fraction of sp³-hybridized carbons (Fsp3) is 0.500. The Hall–Kier alpha value is -2.90. The second-order valence-electron chi connectivity index (χ2n) is 7.17. The third-order valence-corrected chi connectivity index (χ3v) is 4.42. The van der Waals surface area contributed by atoms with E-state index in [4.69, 9.17) is 0 Å². The van der Waals surface area contributed by atoms with Crippen LogP contribution in [0.3, 0.4) is 0 Å². The van der Waals surface area contributed by atoms with E-state index in [1.807, 2.05) is 42.7 Å². The summed E-state index contributed by atoms with van der Waals surface area (Å²) in [6.07, 6.45) is 2.79. The summed E-state index contributed by atoms with van der Waals surface area (Å²) in [4.78, 5) is 40.6. The first-order chi connectivity index (χ1) is 13.3. The van der Waals surface area contributed by atoms with Crippen LogP contribution in [0.2, 0.25) is 0 Å². The highest BCUT2D eigenvalue weighted by molar-refractivity contribution is 5.89. The van der Waals surface area contributed by atoms with Gasteiger partial charge in [-0.1, -0.05) is 39.3 Å². The lowest BCUT2D eigenvalue weighted by atomic mass is 10.0. The Labute approximate surface area is 165 Å². The molecule has 0 fully saturated rings. The maximum atomic E-state index is 12.4. The van der Waals surface area contributed by atoms with Gasteiger partial charge in [0.2, 0.25) is 5.91 Å². The van der Waals surface area contributed by atoms with Gasteiger partial charge in [0.15, 0.2) is 0 Å². The number of para-hydroxylation sites is 2. The summed E-state index contributed by atoms with van der Waals surface area (Å²) in [5.41, 5.74) is 6.57. The van der Waals surface area contributed by atoms with E-state index >= 15 is 0 Å². The third kappa shape index (κ3) is 5.55. The monoisotopic (exact) mass is 387 g/mol. The Morgan fingerprint density at radius 1 is 1.14 bits per heavy atom. The molecule has 2 rings (SSSR count). The zero-order valence-electron chi connectivity index (χ0n) is 16.9. The molecule has 2 aromatic rings. The molecule has 0 radical (unpaired) electrons. The zero-order valence-corrected chi connectivity index (χ0v) is 16.9. The van der Waals surface area contributed by atoms with Crippen molar-refractivity contribution in [3.8, 4) is 0 Å². The van der Waals surface area contributed by atoms with Crippen LogP contribution in [0.5, 0.6) is 0 Å². The van der Waals surface area contributed by atoms with Crippen LogP contribution < -0.4 is 16.2 Å². The number of hydrogen-bond acceptors (Lipinski definition) is 4. The number of carbonyl (C=O) groups excluding carboxylic acids is 3. The highest BCUT2D eigenvalue weighted by Crippen LogP contribution is 2.17. The average Bonchev–Trinajstić information content (AvgIpc) is 2.99. The summed E-state index contributed by atoms with van der Waals surface area (Å²) in [7, 11) is 0. The summed E-state index contributed by atoms with van der Waals surface area (Å²) >= 11 is 0. The molecule has 0 unspecified atom stereocenters. The SMILES string of the molecule is CCCCc1nc2ccccc2n1CC(=O)NNC(=O)[C@@H](NC(C)=O)C(C)C. The molecule has 8 nitrogen and oxygen atoms in total. The number of hydrazine groups is 1. The van der Waals surface area contributed by atoms with Gasteiger partial charge in [-0.2, -0.15) is 0 Å². The number of nitrogens with zero attached hydrogens (tertiary/aromatic N) is 2. The van der Waals surface area contributed by atoms with Crippen molar-refractivity contribution < 1.29 is 14.4 Å². The Bertz CT molecular complexity index is 843. The summed E-state index contributed by atoms with van der Waals surface area (Å²) in [6, 6.07) is 6.95. The van der Waals surface area contributed by atoms with Crippen LogP contribution in [0.15, 0.2) is 24.3 Å². The number of aryl methyl sites for hydroxylation is 1. The van der Waals surface area contributed by atoms with E-state index in [1.54, 1.807) is 0 Å². The summed E-state index contributed by atoms with van der Waals surface area (Å²) in [5.74, 6) is -0.382. The van der Waals surface area contributed by atoms with E-state index in [0.29, 0.717) is 0 Å². The molecular weight excluding hydrogens is 358 g/mol. The second-order valence-corrected chi connectivity index (χ2v) is 7.17. The average molecular weight is 387 g/mol. The molecule has 0 bridgehead atoms. The summed E-state index contributed by atoms with van der Waals surface area (Å²) in [6.45, 7) is 7.14. The molecule has 0 spiro atoms. The minimum absolute atomic E-state index is 0.0479. The van der Waals surface area contributed by atoms with Crippen LogP contribution in [-0.4, -0.2) is 33.3 Å². The van der Waals surface area contributed by atoms with Gasteiger partial charge < -0.3 is 9.88 Å². The van der Waals surface area contributed by atoms with Gasteiger partial charge in [-0.3, -0.25) is 25.2 Å². The first kappa shape index (κ1) is 21.4. The minimum atomic E-state index is -0.716. The first-order valence-corrected chi connectivity index (χ1v) is 9.63. The molecular formula is C20H29N5O3. The normalized spacial score (nSPS) is 12.0. The van der Waals surface area contributed by atoms with Crippen molar-refractivity contribution >= 4 is 28.8 Å². The molecule has 0 aliphatic carbocycles. The van der Waals surface area contributed by atoms with Crippen LogP contribution in [-0.2, 0) is 27.3 Å². The number of fused-ring (bicyclic) bond motifs is 1. The van der Waals surface area contributed by atoms with Gasteiger partial charge in [0.1, 0.15) is 18.4 Å². The van der Waals surface area contributed by atoms with E-state index in [2.05, 4.69) is 28.1 Å². The highest BCUT2D eigenvalue weighted by Gasteiger charge is 2.23. The molecule has 1 heterocycles. The number of hydrogen-bond donors (Lipinski definition) is 3. The van der Waals surface area contributed by atoms with E-state index in [-0.39, 0.29) is 24.3 Å². The molecule has 3 N–H and O–H groups in total. The number of imidazole rings is 1. The Kier molecular flexibility index (Phi) is 7.54. The lowest BCUT2D eigenvalue weighted by molar-refractivity contribution is -0.132. The highest BCUT2D eigenvalue weighted by atomic mass is 16.2. The van der Waals surface area contributed by atoms with Crippen LogP contribution >= 0.6 is 0 Å². The fourth-order valence-corrected chi connectivity index (χ4v) is 2.97. The van der Waals surface area contributed by atoms with Crippen molar-refractivity contribution in [3.05, 3.63) is 30.1 Å². The number of carbonyl (C=O) groups is 3. The number of rotatable bonds is 8. The molecule has 1 aromatic carbocycles. The second kappa shape index (κ2) is 9.87. The molecule has 152 valence electrons. The number of nitrogens with one attached hydrogen (secondary N) is 3.